The highest BCUT2D eigenvalue weighted by Gasteiger charge is 2.18. The highest BCUT2D eigenvalue weighted by atomic mass is 32.1. The van der Waals surface area contributed by atoms with Gasteiger partial charge in [-0.05, 0) is 25.0 Å². The second-order valence-corrected chi connectivity index (χ2v) is 6.07. The first kappa shape index (κ1) is 13.4. The summed E-state index contributed by atoms with van der Waals surface area (Å²) >= 11 is 1.52. The van der Waals surface area contributed by atoms with Crippen molar-refractivity contribution in [2.75, 3.05) is 12.4 Å². The van der Waals surface area contributed by atoms with Gasteiger partial charge in [0.15, 0.2) is 5.13 Å². The second kappa shape index (κ2) is 5.79. The molecular weight excluding hydrogens is 270 g/mol. The van der Waals surface area contributed by atoms with E-state index in [0.29, 0.717) is 11.6 Å². The van der Waals surface area contributed by atoms with E-state index in [1.54, 1.807) is 0 Å². The van der Waals surface area contributed by atoms with Gasteiger partial charge in [-0.25, -0.2) is 4.98 Å². The van der Waals surface area contributed by atoms with Crippen LogP contribution in [0.4, 0.5) is 5.13 Å². The van der Waals surface area contributed by atoms with Crippen LogP contribution in [0.15, 0.2) is 28.5 Å². The van der Waals surface area contributed by atoms with Gasteiger partial charge in [0, 0.05) is 24.7 Å². The third kappa shape index (κ3) is 2.50. The molecule has 0 saturated heterocycles. The molecule has 4 nitrogen and oxygen atoms in total. The fraction of sp³-hybridized carbons (Fsp3) is 0.467. The molecular formula is C15H19N3OS. The van der Waals surface area contributed by atoms with Gasteiger partial charge >= 0.3 is 0 Å². The van der Waals surface area contributed by atoms with Crippen LogP contribution in [0.25, 0.3) is 11.3 Å². The maximum absolute atomic E-state index is 12.7. The highest BCUT2D eigenvalue weighted by Crippen LogP contribution is 2.28. The van der Waals surface area contributed by atoms with E-state index in [1.165, 1.54) is 30.6 Å². The summed E-state index contributed by atoms with van der Waals surface area (Å²) < 4.78 is 1.91. The van der Waals surface area contributed by atoms with Crippen LogP contribution in [0.5, 0.6) is 0 Å². The molecule has 20 heavy (non-hydrogen) atoms. The lowest BCUT2D eigenvalue weighted by molar-refractivity contribution is 0.346. The number of pyridine rings is 1. The molecule has 0 atom stereocenters. The first-order chi connectivity index (χ1) is 9.79. The summed E-state index contributed by atoms with van der Waals surface area (Å²) in [5, 5.41) is 5.79. The number of hydrogen-bond acceptors (Lipinski definition) is 4. The number of nitrogens with zero attached hydrogens (tertiary/aromatic N) is 2. The Balaban J connectivity index is 1.98. The van der Waals surface area contributed by atoms with Crippen molar-refractivity contribution < 1.29 is 0 Å². The third-order valence-corrected chi connectivity index (χ3v) is 4.80. The van der Waals surface area contributed by atoms with Gasteiger partial charge in [-0.3, -0.25) is 4.79 Å². The number of rotatable bonds is 3. The normalized spacial score (nSPS) is 16.2. The van der Waals surface area contributed by atoms with Crippen molar-refractivity contribution in [2.45, 2.75) is 38.1 Å². The lowest BCUT2D eigenvalue weighted by Crippen LogP contribution is -2.26. The first-order valence-corrected chi connectivity index (χ1v) is 8.02. The van der Waals surface area contributed by atoms with Gasteiger partial charge in [0.1, 0.15) is 0 Å². The molecule has 0 aliphatic heterocycles. The monoisotopic (exact) mass is 289 g/mol. The summed E-state index contributed by atoms with van der Waals surface area (Å²) in [7, 11) is 1.84. The zero-order valence-corrected chi connectivity index (χ0v) is 12.4. The van der Waals surface area contributed by atoms with Crippen LogP contribution in [0.3, 0.4) is 0 Å². The maximum Gasteiger partial charge on any atom is 0.260 e. The number of thiazole rings is 1. The second-order valence-electron chi connectivity index (χ2n) is 5.21. The van der Waals surface area contributed by atoms with Crippen LogP contribution in [-0.4, -0.2) is 16.6 Å². The van der Waals surface area contributed by atoms with Crippen molar-refractivity contribution in [3.8, 4) is 11.3 Å². The van der Waals surface area contributed by atoms with Crippen molar-refractivity contribution in [2.24, 2.45) is 0 Å². The number of nitrogens with one attached hydrogen (secondary N) is 1. The Morgan fingerprint density at radius 3 is 2.85 bits per heavy atom. The van der Waals surface area contributed by atoms with E-state index in [4.69, 9.17) is 0 Å². The minimum atomic E-state index is 0.0901. The number of anilines is 1. The van der Waals surface area contributed by atoms with Gasteiger partial charge in [-0.15, -0.1) is 11.3 Å². The summed E-state index contributed by atoms with van der Waals surface area (Å²) in [4.78, 5) is 17.1. The zero-order chi connectivity index (χ0) is 13.9. The van der Waals surface area contributed by atoms with Gasteiger partial charge in [-0.1, -0.05) is 19.3 Å². The SMILES string of the molecule is CNc1nc(-c2cccn(C3CCCCC3)c2=O)cs1. The molecule has 1 N–H and O–H groups in total. The van der Waals surface area contributed by atoms with Crippen molar-refractivity contribution >= 4 is 16.5 Å². The van der Waals surface area contributed by atoms with Gasteiger partial charge in [-0.2, -0.15) is 0 Å². The van der Waals surface area contributed by atoms with Gasteiger partial charge in [0.05, 0.1) is 11.3 Å². The zero-order valence-electron chi connectivity index (χ0n) is 11.6. The molecule has 2 heterocycles. The Hall–Kier alpha value is -1.62. The van der Waals surface area contributed by atoms with Crippen LogP contribution in [0, 0.1) is 0 Å². The largest absolute Gasteiger partial charge is 0.365 e. The van der Waals surface area contributed by atoms with E-state index < -0.39 is 0 Å². The molecule has 0 aromatic carbocycles. The molecule has 1 aliphatic carbocycles. The molecule has 0 radical (unpaired) electrons. The standard InChI is InChI=1S/C15H19N3OS/c1-16-15-17-13(10-20-15)12-8-5-9-18(14(12)19)11-6-3-2-4-7-11/h5,8-11H,2-4,6-7H2,1H3,(H,16,17). The predicted molar refractivity (Wildman–Crippen MR) is 83.5 cm³/mol. The maximum atomic E-state index is 12.7. The summed E-state index contributed by atoms with van der Waals surface area (Å²) in [6.07, 6.45) is 7.89. The van der Waals surface area contributed by atoms with Crippen molar-refractivity contribution in [3.63, 3.8) is 0 Å². The Morgan fingerprint density at radius 2 is 2.15 bits per heavy atom. The van der Waals surface area contributed by atoms with Crippen LogP contribution in [0.1, 0.15) is 38.1 Å². The van der Waals surface area contributed by atoms with Gasteiger partial charge in [0.2, 0.25) is 0 Å². The van der Waals surface area contributed by atoms with Crippen LogP contribution in [-0.2, 0) is 0 Å². The summed E-state index contributed by atoms with van der Waals surface area (Å²) in [6.45, 7) is 0. The Morgan fingerprint density at radius 1 is 1.35 bits per heavy atom. The van der Waals surface area contributed by atoms with E-state index in [9.17, 15) is 4.79 Å². The lowest BCUT2D eigenvalue weighted by atomic mass is 9.95. The molecule has 2 aromatic heterocycles. The van der Waals surface area contributed by atoms with Crippen molar-refractivity contribution in [1.82, 2.24) is 9.55 Å². The minimum Gasteiger partial charge on any atom is -0.365 e. The summed E-state index contributed by atoms with van der Waals surface area (Å²) in [5.41, 5.74) is 1.57. The van der Waals surface area contributed by atoms with E-state index >= 15 is 0 Å². The third-order valence-electron chi connectivity index (χ3n) is 3.94. The topological polar surface area (TPSA) is 46.9 Å². The van der Waals surface area contributed by atoms with Gasteiger partial charge in [0.25, 0.3) is 5.56 Å². The summed E-state index contributed by atoms with van der Waals surface area (Å²) in [6, 6.07) is 4.19. The lowest BCUT2D eigenvalue weighted by Gasteiger charge is -2.24. The number of hydrogen-bond donors (Lipinski definition) is 1. The van der Waals surface area contributed by atoms with Crippen molar-refractivity contribution in [3.05, 3.63) is 34.1 Å². The van der Waals surface area contributed by atoms with Crippen LogP contribution < -0.4 is 10.9 Å². The molecule has 0 unspecified atom stereocenters. The fourth-order valence-corrected chi connectivity index (χ4v) is 3.54. The Kier molecular flexibility index (Phi) is 3.87. The quantitative estimate of drug-likeness (QED) is 0.940. The van der Waals surface area contributed by atoms with Crippen LogP contribution in [0.2, 0.25) is 0 Å². The predicted octanol–water partition coefficient (Wildman–Crippen LogP) is 3.52. The van der Waals surface area contributed by atoms with Crippen LogP contribution >= 0.6 is 11.3 Å². The molecule has 2 aromatic rings. The molecule has 0 amide bonds. The number of aromatic nitrogens is 2. The van der Waals surface area contributed by atoms with E-state index in [0.717, 1.165) is 23.7 Å². The van der Waals surface area contributed by atoms with E-state index in [2.05, 4.69) is 10.3 Å². The molecule has 1 fully saturated rings. The average molecular weight is 289 g/mol. The molecule has 106 valence electrons. The average Bonchev–Trinajstić information content (AvgIpc) is 2.97. The van der Waals surface area contributed by atoms with Gasteiger partial charge < -0.3 is 9.88 Å². The molecule has 0 spiro atoms. The first-order valence-electron chi connectivity index (χ1n) is 7.14. The molecule has 3 rings (SSSR count). The fourth-order valence-electron chi connectivity index (χ4n) is 2.86. The molecule has 5 heteroatoms. The molecule has 0 bridgehead atoms. The summed E-state index contributed by atoms with van der Waals surface area (Å²) in [5.74, 6) is 0. The van der Waals surface area contributed by atoms with Crippen molar-refractivity contribution in [1.29, 1.82) is 0 Å². The molecule has 1 saturated carbocycles. The highest BCUT2D eigenvalue weighted by molar-refractivity contribution is 7.14. The Bertz CT molecular complexity index is 641. The van der Waals surface area contributed by atoms with E-state index in [1.807, 2.05) is 35.3 Å². The molecule has 1 aliphatic rings. The smallest absolute Gasteiger partial charge is 0.260 e. The minimum absolute atomic E-state index is 0.0901. The van der Waals surface area contributed by atoms with E-state index in [-0.39, 0.29) is 5.56 Å². The Labute approximate surface area is 122 Å².